The van der Waals surface area contributed by atoms with Gasteiger partial charge in [0.2, 0.25) is 0 Å². The Kier molecular flexibility index (Phi) is 8.26. The molecule has 0 bridgehead atoms. The molecule has 0 aliphatic heterocycles. The van der Waals surface area contributed by atoms with Crippen LogP contribution in [0, 0.1) is 23.3 Å². The lowest BCUT2D eigenvalue weighted by Gasteiger charge is -2.20. The standard InChI is InChI=1S/C27H23F4N3O3S/c1-33(14-16-4-11-23(36-2)24(12-16)37-3)26(35)22-13-32-27(34(22)18-7-5-17(28)6-8-18)38-15-19-20(29)9-10-21(30)25(19)31/h4-13H,14-15H2,1-3H3. The van der Waals surface area contributed by atoms with Crippen LogP contribution in [0.5, 0.6) is 11.5 Å². The van der Waals surface area contributed by atoms with Crippen molar-refractivity contribution in [3.63, 3.8) is 0 Å². The largest absolute Gasteiger partial charge is 0.493 e. The lowest BCUT2D eigenvalue weighted by Crippen LogP contribution is -2.28. The summed E-state index contributed by atoms with van der Waals surface area (Å²) in [6.45, 7) is 0.218. The Labute approximate surface area is 220 Å². The monoisotopic (exact) mass is 545 g/mol. The minimum absolute atomic E-state index is 0.141. The summed E-state index contributed by atoms with van der Waals surface area (Å²) in [6, 6.07) is 12.2. The molecule has 0 saturated heterocycles. The molecule has 0 atom stereocenters. The second-order valence-electron chi connectivity index (χ2n) is 8.20. The Morgan fingerprint density at radius 3 is 2.32 bits per heavy atom. The molecule has 1 amide bonds. The predicted molar refractivity (Wildman–Crippen MR) is 135 cm³/mol. The molecule has 198 valence electrons. The van der Waals surface area contributed by atoms with Crippen molar-refractivity contribution in [2.75, 3.05) is 21.3 Å². The van der Waals surface area contributed by atoms with Gasteiger partial charge < -0.3 is 14.4 Å². The van der Waals surface area contributed by atoms with E-state index in [1.807, 2.05) is 0 Å². The fourth-order valence-corrected chi connectivity index (χ4v) is 4.78. The van der Waals surface area contributed by atoms with E-state index in [4.69, 9.17) is 9.47 Å². The first-order chi connectivity index (χ1) is 18.2. The number of methoxy groups -OCH3 is 2. The number of thioether (sulfide) groups is 1. The van der Waals surface area contributed by atoms with E-state index in [1.165, 1.54) is 54.1 Å². The highest BCUT2D eigenvalue weighted by Crippen LogP contribution is 2.31. The molecule has 38 heavy (non-hydrogen) atoms. The van der Waals surface area contributed by atoms with Crippen molar-refractivity contribution < 1.29 is 31.8 Å². The average molecular weight is 546 g/mol. The van der Waals surface area contributed by atoms with Crippen molar-refractivity contribution >= 4 is 17.7 Å². The minimum atomic E-state index is -1.29. The number of imidazole rings is 1. The van der Waals surface area contributed by atoms with Crippen LogP contribution in [0.1, 0.15) is 21.6 Å². The third-order valence-corrected chi connectivity index (χ3v) is 6.71. The summed E-state index contributed by atoms with van der Waals surface area (Å²) in [5, 5.41) is 0.211. The van der Waals surface area contributed by atoms with Crippen LogP contribution in [0.2, 0.25) is 0 Å². The van der Waals surface area contributed by atoms with E-state index in [9.17, 15) is 22.4 Å². The summed E-state index contributed by atoms with van der Waals surface area (Å²) in [5.41, 5.74) is 0.872. The lowest BCUT2D eigenvalue weighted by atomic mass is 10.2. The van der Waals surface area contributed by atoms with Crippen molar-refractivity contribution in [1.82, 2.24) is 14.5 Å². The zero-order chi connectivity index (χ0) is 27.4. The second kappa shape index (κ2) is 11.6. The first-order valence-electron chi connectivity index (χ1n) is 11.3. The maximum Gasteiger partial charge on any atom is 0.272 e. The summed E-state index contributed by atoms with van der Waals surface area (Å²) >= 11 is 0.909. The van der Waals surface area contributed by atoms with E-state index in [-0.39, 0.29) is 23.1 Å². The van der Waals surface area contributed by atoms with Crippen LogP contribution in [0.3, 0.4) is 0 Å². The van der Waals surface area contributed by atoms with Crippen LogP contribution in [0.4, 0.5) is 17.6 Å². The Bertz CT molecular complexity index is 1460. The van der Waals surface area contributed by atoms with E-state index in [1.54, 1.807) is 25.2 Å². The van der Waals surface area contributed by atoms with Gasteiger partial charge in [-0.25, -0.2) is 22.5 Å². The van der Waals surface area contributed by atoms with Gasteiger partial charge in [-0.1, -0.05) is 17.8 Å². The molecule has 11 heteroatoms. The van der Waals surface area contributed by atoms with E-state index < -0.39 is 34.7 Å². The Morgan fingerprint density at radius 2 is 1.63 bits per heavy atom. The Balaban J connectivity index is 1.65. The molecule has 4 rings (SSSR count). The number of hydrogen-bond acceptors (Lipinski definition) is 5. The molecule has 3 aromatic carbocycles. The number of halogens is 4. The van der Waals surface area contributed by atoms with E-state index in [0.29, 0.717) is 23.3 Å². The van der Waals surface area contributed by atoms with E-state index in [0.717, 1.165) is 23.4 Å². The molecule has 0 N–H and O–H groups in total. The van der Waals surface area contributed by atoms with Crippen LogP contribution < -0.4 is 9.47 Å². The SMILES string of the molecule is COc1ccc(CN(C)C(=O)c2cnc(SCc3c(F)ccc(F)c3F)n2-c2ccc(F)cc2)cc1OC. The summed E-state index contributed by atoms with van der Waals surface area (Å²) in [5.74, 6) is -3.48. The number of rotatable bonds is 9. The molecule has 0 spiro atoms. The van der Waals surface area contributed by atoms with Gasteiger partial charge in [0.15, 0.2) is 28.3 Å². The smallest absolute Gasteiger partial charge is 0.272 e. The summed E-state index contributed by atoms with van der Waals surface area (Å²) in [7, 11) is 4.64. The second-order valence-corrected chi connectivity index (χ2v) is 9.14. The molecule has 0 unspecified atom stereocenters. The van der Waals surface area contributed by atoms with Gasteiger partial charge in [0.25, 0.3) is 5.91 Å². The summed E-state index contributed by atoms with van der Waals surface area (Å²) < 4.78 is 67.7. The van der Waals surface area contributed by atoms with Crippen molar-refractivity contribution in [3.8, 4) is 17.2 Å². The van der Waals surface area contributed by atoms with Gasteiger partial charge in [-0.05, 0) is 54.1 Å². The average Bonchev–Trinajstić information content (AvgIpc) is 3.34. The summed E-state index contributed by atoms with van der Waals surface area (Å²) in [6.07, 6.45) is 1.33. The van der Waals surface area contributed by atoms with Crippen LogP contribution in [0.15, 0.2) is 66.0 Å². The molecule has 4 aromatic rings. The highest BCUT2D eigenvalue weighted by atomic mass is 32.2. The van der Waals surface area contributed by atoms with Crippen molar-refractivity contribution in [3.05, 3.63) is 101 Å². The maximum absolute atomic E-state index is 14.2. The van der Waals surface area contributed by atoms with Gasteiger partial charge in [-0.15, -0.1) is 0 Å². The molecular weight excluding hydrogens is 522 g/mol. The summed E-state index contributed by atoms with van der Waals surface area (Å²) in [4.78, 5) is 19.2. The number of aromatic nitrogens is 2. The molecule has 1 aromatic heterocycles. The Morgan fingerprint density at radius 1 is 0.947 bits per heavy atom. The maximum atomic E-state index is 14.2. The zero-order valence-electron chi connectivity index (χ0n) is 20.7. The number of carbonyl (C=O) groups is 1. The minimum Gasteiger partial charge on any atom is -0.493 e. The van der Waals surface area contributed by atoms with Crippen molar-refractivity contribution in [2.24, 2.45) is 0 Å². The highest BCUT2D eigenvalue weighted by Gasteiger charge is 2.23. The van der Waals surface area contributed by atoms with Crippen molar-refractivity contribution in [2.45, 2.75) is 17.5 Å². The number of nitrogens with zero attached hydrogens (tertiary/aromatic N) is 3. The first kappa shape index (κ1) is 27.1. The van der Waals surface area contributed by atoms with Gasteiger partial charge in [0.1, 0.15) is 17.3 Å². The number of amides is 1. The van der Waals surface area contributed by atoms with Crippen molar-refractivity contribution in [1.29, 1.82) is 0 Å². The van der Waals surface area contributed by atoms with Crippen LogP contribution in [-0.4, -0.2) is 41.6 Å². The molecule has 0 saturated carbocycles. The molecule has 0 aliphatic carbocycles. The molecule has 0 fully saturated rings. The number of carbonyl (C=O) groups excluding carboxylic acids is 1. The van der Waals surface area contributed by atoms with Gasteiger partial charge in [-0.2, -0.15) is 0 Å². The van der Waals surface area contributed by atoms with Gasteiger partial charge in [-0.3, -0.25) is 9.36 Å². The molecule has 6 nitrogen and oxygen atoms in total. The number of ether oxygens (including phenoxy) is 2. The third kappa shape index (κ3) is 5.62. The molecule has 0 aliphatic rings. The van der Waals surface area contributed by atoms with Crippen LogP contribution >= 0.6 is 11.8 Å². The Hall–Kier alpha value is -3.99. The first-order valence-corrected chi connectivity index (χ1v) is 12.3. The fraction of sp³-hybridized carbons (Fsp3) is 0.185. The van der Waals surface area contributed by atoms with Gasteiger partial charge >= 0.3 is 0 Å². The quantitative estimate of drug-likeness (QED) is 0.147. The topological polar surface area (TPSA) is 56.6 Å². The van der Waals surface area contributed by atoms with E-state index >= 15 is 0 Å². The van der Waals surface area contributed by atoms with Crippen LogP contribution in [0.25, 0.3) is 5.69 Å². The van der Waals surface area contributed by atoms with Gasteiger partial charge in [0.05, 0.1) is 20.4 Å². The van der Waals surface area contributed by atoms with E-state index in [2.05, 4.69) is 4.98 Å². The zero-order valence-corrected chi connectivity index (χ0v) is 21.5. The highest BCUT2D eigenvalue weighted by molar-refractivity contribution is 7.98. The number of hydrogen-bond donors (Lipinski definition) is 0. The van der Waals surface area contributed by atoms with Gasteiger partial charge in [0, 0.05) is 30.6 Å². The fourth-order valence-electron chi connectivity index (χ4n) is 3.79. The normalized spacial score (nSPS) is 10.9. The molecule has 0 radical (unpaired) electrons. The molecule has 1 heterocycles. The number of benzene rings is 3. The predicted octanol–water partition coefficient (Wildman–Crippen LogP) is 6.01. The molecular formula is C27H23F4N3O3S. The third-order valence-electron chi connectivity index (χ3n) is 5.73. The lowest BCUT2D eigenvalue weighted by molar-refractivity contribution is 0.0776. The van der Waals surface area contributed by atoms with Crippen LogP contribution in [-0.2, 0) is 12.3 Å².